The first-order valence-electron chi connectivity index (χ1n) is 9.76. The highest BCUT2D eigenvalue weighted by Gasteiger charge is 2.08. The van der Waals surface area contributed by atoms with Crippen molar-refractivity contribution in [1.82, 2.24) is 0 Å². The predicted molar refractivity (Wildman–Crippen MR) is 116 cm³/mol. The molecular formula is C24H31NO3. The summed E-state index contributed by atoms with van der Waals surface area (Å²) in [6.45, 7) is 9.37. The van der Waals surface area contributed by atoms with Crippen LogP contribution in [0.25, 0.3) is 0 Å². The lowest BCUT2D eigenvalue weighted by atomic mass is 10.0. The Morgan fingerprint density at radius 2 is 1.82 bits per heavy atom. The quantitative estimate of drug-likeness (QED) is 0.304. The van der Waals surface area contributed by atoms with Crippen molar-refractivity contribution < 1.29 is 14.3 Å². The number of benzene rings is 2. The molecule has 4 heteroatoms. The molecule has 0 aliphatic carbocycles. The maximum Gasteiger partial charge on any atom is 0.125 e. The third-order valence-corrected chi connectivity index (χ3v) is 4.45. The Balaban J connectivity index is 2.00. The minimum absolute atomic E-state index is 0.581. The van der Waals surface area contributed by atoms with Crippen LogP contribution < -0.4 is 9.47 Å². The molecule has 0 amide bonds. The van der Waals surface area contributed by atoms with Crippen molar-refractivity contribution in [2.45, 2.75) is 40.5 Å². The summed E-state index contributed by atoms with van der Waals surface area (Å²) in [7, 11) is 1.58. The van der Waals surface area contributed by atoms with Crippen molar-refractivity contribution >= 4 is 5.71 Å². The molecule has 2 aromatic carbocycles. The van der Waals surface area contributed by atoms with E-state index < -0.39 is 0 Å². The number of allylic oxidation sites excluding steroid dienone is 1. The second-order valence-electron chi connectivity index (χ2n) is 6.64. The van der Waals surface area contributed by atoms with Gasteiger partial charge in [-0.25, -0.2) is 0 Å². The highest BCUT2D eigenvalue weighted by molar-refractivity contribution is 6.00. The maximum absolute atomic E-state index is 6.10. The molecule has 28 heavy (non-hydrogen) atoms. The van der Waals surface area contributed by atoms with Crippen molar-refractivity contribution in [3.63, 3.8) is 0 Å². The van der Waals surface area contributed by atoms with E-state index in [0.717, 1.165) is 46.7 Å². The van der Waals surface area contributed by atoms with Crippen LogP contribution in [0.2, 0.25) is 0 Å². The topological polar surface area (TPSA) is 40.0 Å². The number of hydrogen-bond acceptors (Lipinski definition) is 4. The molecule has 0 heterocycles. The van der Waals surface area contributed by atoms with Gasteiger partial charge in [0.1, 0.15) is 25.2 Å². The normalized spacial score (nSPS) is 11.7. The van der Waals surface area contributed by atoms with E-state index in [2.05, 4.69) is 50.2 Å². The van der Waals surface area contributed by atoms with E-state index in [9.17, 15) is 0 Å². The van der Waals surface area contributed by atoms with E-state index in [-0.39, 0.29) is 0 Å². The third-order valence-electron chi connectivity index (χ3n) is 4.45. The van der Waals surface area contributed by atoms with E-state index in [0.29, 0.717) is 13.2 Å². The lowest BCUT2D eigenvalue weighted by Crippen LogP contribution is -2.06. The van der Waals surface area contributed by atoms with Crippen molar-refractivity contribution in [2.75, 3.05) is 20.3 Å². The fraction of sp³-hybridized carbons (Fsp3) is 0.375. The molecule has 0 fully saturated rings. The Kier molecular flexibility index (Phi) is 8.60. The second-order valence-corrected chi connectivity index (χ2v) is 6.64. The summed E-state index contributed by atoms with van der Waals surface area (Å²) in [5.74, 6) is 1.81. The van der Waals surface area contributed by atoms with E-state index in [1.165, 1.54) is 5.56 Å². The monoisotopic (exact) mass is 381 g/mol. The molecule has 0 saturated heterocycles. The zero-order chi connectivity index (χ0) is 20.4. The Labute approximate surface area is 168 Å². The van der Waals surface area contributed by atoms with Crippen LogP contribution in [0.15, 0.2) is 53.7 Å². The molecule has 0 aliphatic rings. The molecule has 0 atom stereocenters. The number of nitrogens with zero attached hydrogens (tertiary/aromatic N) is 1. The highest BCUT2D eigenvalue weighted by Crippen LogP contribution is 2.28. The van der Waals surface area contributed by atoms with E-state index in [1.807, 2.05) is 31.2 Å². The van der Waals surface area contributed by atoms with Crippen molar-refractivity contribution in [3.8, 4) is 11.5 Å². The molecule has 150 valence electrons. The zero-order valence-corrected chi connectivity index (χ0v) is 17.6. The van der Waals surface area contributed by atoms with Crippen molar-refractivity contribution in [1.29, 1.82) is 0 Å². The molecule has 0 unspecified atom stereocenters. The summed E-state index contributed by atoms with van der Waals surface area (Å²) in [5, 5.41) is 4.11. The Hall–Kier alpha value is -2.75. The van der Waals surface area contributed by atoms with Crippen LogP contribution in [0.3, 0.4) is 0 Å². The van der Waals surface area contributed by atoms with E-state index in [4.69, 9.17) is 14.3 Å². The highest BCUT2D eigenvalue weighted by atomic mass is 16.6. The standard InChI is InChI=1S/C24H31NO3/c1-6-8-13-27-22-15-18(3)24(19(4)16-22)28-14-12-20-10-9-11-21(17-20)23(7-2)25-26-5/h6,8-11,15-17H,7,12-14H2,1-5H3/b8-6+,25-23?. The second kappa shape index (κ2) is 11.2. The van der Waals surface area contributed by atoms with E-state index >= 15 is 0 Å². The molecule has 0 bridgehead atoms. The van der Waals surface area contributed by atoms with Crippen LogP contribution in [-0.4, -0.2) is 26.0 Å². The molecule has 4 nitrogen and oxygen atoms in total. The summed E-state index contributed by atoms with van der Waals surface area (Å²) >= 11 is 0. The molecule has 0 saturated carbocycles. The van der Waals surface area contributed by atoms with Crippen LogP contribution in [0, 0.1) is 13.8 Å². The summed E-state index contributed by atoms with van der Waals surface area (Å²) in [5.41, 5.74) is 5.44. The van der Waals surface area contributed by atoms with Gasteiger partial charge in [-0.3, -0.25) is 0 Å². The lowest BCUT2D eigenvalue weighted by Gasteiger charge is -2.14. The number of hydrogen-bond donors (Lipinski definition) is 0. The third kappa shape index (κ3) is 6.15. The fourth-order valence-electron chi connectivity index (χ4n) is 3.07. The van der Waals surface area contributed by atoms with Crippen LogP contribution >= 0.6 is 0 Å². The van der Waals surface area contributed by atoms with Gasteiger partial charge >= 0.3 is 0 Å². The Morgan fingerprint density at radius 1 is 1.07 bits per heavy atom. The van der Waals surface area contributed by atoms with Gasteiger partial charge in [0.2, 0.25) is 0 Å². The zero-order valence-electron chi connectivity index (χ0n) is 17.6. The average Bonchev–Trinajstić information content (AvgIpc) is 2.68. The minimum atomic E-state index is 0.581. The van der Waals surface area contributed by atoms with E-state index in [1.54, 1.807) is 7.11 Å². The summed E-state index contributed by atoms with van der Waals surface area (Å²) in [6.07, 6.45) is 5.63. The first-order chi connectivity index (χ1) is 13.6. The molecule has 0 aliphatic heterocycles. The predicted octanol–water partition coefficient (Wildman–Crippen LogP) is 5.64. The molecular weight excluding hydrogens is 350 g/mol. The van der Waals surface area contributed by atoms with Gasteiger partial charge in [0.05, 0.1) is 12.3 Å². The van der Waals surface area contributed by atoms with Gasteiger partial charge in [0, 0.05) is 6.42 Å². The van der Waals surface area contributed by atoms with Gasteiger partial charge < -0.3 is 14.3 Å². The van der Waals surface area contributed by atoms with Crippen molar-refractivity contribution in [2.24, 2.45) is 5.16 Å². The number of ether oxygens (including phenoxy) is 2. The van der Waals surface area contributed by atoms with Gasteiger partial charge in [0.15, 0.2) is 0 Å². The summed E-state index contributed by atoms with van der Waals surface area (Å²) in [6, 6.07) is 12.4. The fourth-order valence-corrected chi connectivity index (χ4v) is 3.07. The minimum Gasteiger partial charge on any atom is -0.493 e. The molecule has 0 N–H and O–H groups in total. The molecule has 0 spiro atoms. The van der Waals surface area contributed by atoms with Crippen LogP contribution in [0.1, 0.15) is 42.5 Å². The smallest absolute Gasteiger partial charge is 0.125 e. The lowest BCUT2D eigenvalue weighted by molar-refractivity contribution is 0.213. The molecule has 2 rings (SSSR count). The summed E-state index contributed by atoms with van der Waals surface area (Å²) < 4.78 is 11.8. The van der Waals surface area contributed by atoms with Crippen molar-refractivity contribution in [3.05, 3.63) is 70.8 Å². The van der Waals surface area contributed by atoms with Gasteiger partial charge in [-0.2, -0.15) is 0 Å². The van der Waals surface area contributed by atoms with Gasteiger partial charge in [-0.1, -0.05) is 42.4 Å². The number of rotatable bonds is 10. The van der Waals surface area contributed by atoms with Crippen LogP contribution in [0.4, 0.5) is 0 Å². The molecule has 2 aromatic rings. The SMILES string of the molecule is C/C=C/COc1cc(C)c(OCCc2cccc(C(CC)=NOC)c2)c(C)c1. The number of aryl methyl sites for hydroxylation is 2. The largest absolute Gasteiger partial charge is 0.493 e. The van der Waals surface area contributed by atoms with Gasteiger partial charge in [0.25, 0.3) is 0 Å². The maximum atomic E-state index is 6.10. The van der Waals surface area contributed by atoms with Crippen LogP contribution in [-0.2, 0) is 11.3 Å². The first kappa shape index (κ1) is 21.5. The average molecular weight is 382 g/mol. The summed E-state index contributed by atoms with van der Waals surface area (Å²) in [4.78, 5) is 4.94. The Bertz CT molecular complexity index is 801. The van der Waals surface area contributed by atoms with Crippen LogP contribution in [0.5, 0.6) is 11.5 Å². The van der Waals surface area contributed by atoms with Gasteiger partial charge in [-0.15, -0.1) is 0 Å². The van der Waals surface area contributed by atoms with Gasteiger partial charge in [-0.05, 0) is 67.6 Å². The molecule has 0 aromatic heterocycles. The first-order valence-corrected chi connectivity index (χ1v) is 9.76. The number of oxime groups is 1. The molecule has 0 radical (unpaired) electrons. The Morgan fingerprint density at radius 3 is 2.46 bits per heavy atom.